The van der Waals surface area contributed by atoms with Crippen molar-refractivity contribution in [2.45, 2.75) is 6.04 Å². The molecule has 0 bridgehead atoms. The maximum Gasteiger partial charge on any atom is 0.325 e. The molecule has 0 spiro atoms. The Hall–Kier alpha value is -0.980. The Balaban J connectivity index is 2.31. The predicted molar refractivity (Wildman–Crippen MR) is 68.9 cm³/mol. The van der Waals surface area contributed by atoms with E-state index in [1.54, 1.807) is 0 Å². The lowest BCUT2D eigenvalue weighted by Gasteiger charge is -2.33. The van der Waals surface area contributed by atoms with Crippen molar-refractivity contribution in [3.8, 4) is 0 Å². The first kappa shape index (κ1) is 13.5. The topological polar surface area (TPSA) is 52.6 Å². The zero-order valence-electron chi connectivity index (χ0n) is 9.70. The van der Waals surface area contributed by atoms with Gasteiger partial charge in [0.05, 0.1) is 0 Å². The van der Waals surface area contributed by atoms with E-state index in [0.29, 0.717) is 23.1 Å². The Bertz CT molecular complexity index is 450. The molecule has 1 fully saturated rings. The molecule has 1 aliphatic heterocycles. The van der Waals surface area contributed by atoms with Crippen LogP contribution in [0.25, 0.3) is 0 Å². The Morgan fingerprint density at radius 2 is 2.11 bits per heavy atom. The highest BCUT2D eigenvalue weighted by atomic mass is 79.9. The quantitative estimate of drug-likeness (QED) is 0.889. The van der Waals surface area contributed by atoms with Crippen molar-refractivity contribution in [1.82, 2.24) is 10.2 Å². The summed E-state index contributed by atoms with van der Waals surface area (Å²) in [5.74, 6) is -1.29. The van der Waals surface area contributed by atoms with Crippen molar-refractivity contribution in [3.05, 3.63) is 34.1 Å². The number of aliphatic carboxylic acids is 1. The number of benzene rings is 1. The molecule has 4 nitrogen and oxygen atoms in total. The highest BCUT2D eigenvalue weighted by molar-refractivity contribution is 9.10. The third kappa shape index (κ3) is 2.88. The lowest BCUT2D eigenvalue weighted by molar-refractivity contribution is -0.143. The van der Waals surface area contributed by atoms with Crippen LogP contribution in [0.15, 0.2) is 22.7 Å². The van der Waals surface area contributed by atoms with E-state index in [2.05, 4.69) is 21.2 Å². The van der Waals surface area contributed by atoms with Crippen LogP contribution in [0, 0.1) is 5.82 Å². The molecule has 1 aliphatic rings. The zero-order valence-corrected chi connectivity index (χ0v) is 11.3. The standard InChI is InChI=1S/C12H14BrFN2O2/c13-10-7-8(14)1-2-9(10)11(12(17)18)16-5-3-15-4-6-16/h1-2,7,11,15H,3-6H2,(H,17,18). The van der Waals surface area contributed by atoms with Crippen LogP contribution in [0.2, 0.25) is 0 Å². The van der Waals surface area contributed by atoms with Gasteiger partial charge in [0.2, 0.25) is 0 Å². The van der Waals surface area contributed by atoms with Gasteiger partial charge in [-0.3, -0.25) is 9.69 Å². The van der Waals surface area contributed by atoms with E-state index in [1.807, 2.05) is 4.90 Å². The normalized spacial score (nSPS) is 18.6. The summed E-state index contributed by atoms with van der Waals surface area (Å²) in [4.78, 5) is 13.3. The molecule has 98 valence electrons. The van der Waals surface area contributed by atoms with Crippen LogP contribution in [0.3, 0.4) is 0 Å². The fraction of sp³-hybridized carbons (Fsp3) is 0.417. The number of rotatable bonds is 3. The molecule has 2 N–H and O–H groups in total. The first-order valence-corrected chi connectivity index (χ1v) is 6.51. The van der Waals surface area contributed by atoms with Gasteiger partial charge in [0.1, 0.15) is 11.9 Å². The minimum atomic E-state index is -0.913. The summed E-state index contributed by atoms with van der Waals surface area (Å²) in [5, 5.41) is 12.6. The fourth-order valence-corrected chi connectivity index (χ4v) is 2.72. The second-order valence-corrected chi connectivity index (χ2v) is 5.05. The molecule has 1 aromatic rings. The maximum absolute atomic E-state index is 13.1. The van der Waals surface area contributed by atoms with Crippen LogP contribution >= 0.6 is 15.9 Å². The molecule has 1 heterocycles. The van der Waals surface area contributed by atoms with E-state index in [4.69, 9.17) is 0 Å². The number of nitrogens with zero attached hydrogens (tertiary/aromatic N) is 1. The Morgan fingerprint density at radius 3 is 2.67 bits per heavy atom. The number of halogens is 2. The van der Waals surface area contributed by atoms with Crippen LogP contribution in [0.4, 0.5) is 4.39 Å². The van der Waals surface area contributed by atoms with Crippen LogP contribution in [0.1, 0.15) is 11.6 Å². The molecule has 1 atom stereocenters. The smallest absolute Gasteiger partial charge is 0.325 e. The van der Waals surface area contributed by atoms with Gasteiger partial charge in [0.25, 0.3) is 0 Å². The minimum Gasteiger partial charge on any atom is -0.480 e. The first-order valence-electron chi connectivity index (χ1n) is 5.72. The fourth-order valence-electron chi connectivity index (χ4n) is 2.15. The van der Waals surface area contributed by atoms with E-state index in [1.165, 1.54) is 18.2 Å². The predicted octanol–water partition coefficient (Wildman–Crippen LogP) is 1.62. The summed E-state index contributed by atoms with van der Waals surface area (Å²) in [6.45, 7) is 2.87. The molecule has 0 amide bonds. The second-order valence-electron chi connectivity index (χ2n) is 4.19. The van der Waals surface area contributed by atoms with Gasteiger partial charge in [-0.25, -0.2) is 4.39 Å². The van der Waals surface area contributed by atoms with Crippen molar-refractivity contribution >= 4 is 21.9 Å². The largest absolute Gasteiger partial charge is 0.480 e. The third-order valence-corrected chi connectivity index (χ3v) is 3.69. The molecule has 18 heavy (non-hydrogen) atoms. The summed E-state index contributed by atoms with van der Waals surface area (Å²) < 4.78 is 13.5. The van der Waals surface area contributed by atoms with E-state index >= 15 is 0 Å². The number of hydrogen-bond acceptors (Lipinski definition) is 3. The Kier molecular flexibility index (Phi) is 4.31. The van der Waals surface area contributed by atoms with Gasteiger partial charge in [-0.1, -0.05) is 22.0 Å². The van der Waals surface area contributed by atoms with Gasteiger partial charge in [-0.15, -0.1) is 0 Å². The van der Waals surface area contributed by atoms with Crippen molar-refractivity contribution in [2.24, 2.45) is 0 Å². The highest BCUT2D eigenvalue weighted by Crippen LogP contribution is 2.29. The molecule has 0 radical (unpaired) electrons. The molecule has 0 aromatic heterocycles. The summed E-state index contributed by atoms with van der Waals surface area (Å²) in [7, 11) is 0. The highest BCUT2D eigenvalue weighted by Gasteiger charge is 2.29. The number of nitrogens with one attached hydrogen (secondary N) is 1. The van der Waals surface area contributed by atoms with Crippen LogP contribution < -0.4 is 5.32 Å². The Labute approximate surface area is 113 Å². The monoisotopic (exact) mass is 316 g/mol. The van der Waals surface area contributed by atoms with Crippen LogP contribution in [0.5, 0.6) is 0 Å². The summed E-state index contributed by atoms with van der Waals surface area (Å²) >= 11 is 3.24. The molecular formula is C12H14BrFN2O2. The van der Waals surface area contributed by atoms with Gasteiger partial charge in [-0.2, -0.15) is 0 Å². The average molecular weight is 317 g/mol. The lowest BCUT2D eigenvalue weighted by atomic mass is 10.0. The van der Waals surface area contributed by atoms with E-state index in [0.717, 1.165) is 13.1 Å². The van der Waals surface area contributed by atoms with Gasteiger partial charge in [-0.05, 0) is 17.7 Å². The van der Waals surface area contributed by atoms with Crippen molar-refractivity contribution in [2.75, 3.05) is 26.2 Å². The SMILES string of the molecule is O=C(O)C(c1ccc(F)cc1Br)N1CCNCC1. The number of piperazine rings is 1. The first-order chi connectivity index (χ1) is 8.59. The molecular weight excluding hydrogens is 303 g/mol. The summed E-state index contributed by atoms with van der Waals surface area (Å²) in [6, 6.07) is 3.38. The maximum atomic E-state index is 13.1. The van der Waals surface area contributed by atoms with Gasteiger partial charge >= 0.3 is 5.97 Å². The van der Waals surface area contributed by atoms with E-state index in [9.17, 15) is 14.3 Å². The van der Waals surface area contributed by atoms with Crippen molar-refractivity contribution in [1.29, 1.82) is 0 Å². The molecule has 1 unspecified atom stereocenters. The molecule has 1 saturated heterocycles. The number of carboxylic acids is 1. The molecule has 6 heteroatoms. The van der Waals surface area contributed by atoms with E-state index < -0.39 is 12.0 Å². The van der Waals surface area contributed by atoms with Crippen LogP contribution in [-0.4, -0.2) is 42.2 Å². The lowest BCUT2D eigenvalue weighted by Crippen LogP contribution is -2.47. The molecule has 0 aliphatic carbocycles. The van der Waals surface area contributed by atoms with Gasteiger partial charge < -0.3 is 10.4 Å². The van der Waals surface area contributed by atoms with Gasteiger partial charge in [0.15, 0.2) is 0 Å². The number of carboxylic acid groups (broad SMARTS) is 1. The molecule has 0 saturated carbocycles. The van der Waals surface area contributed by atoms with Crippen LogP contribution in [-0.2, 0) is 4.79 Å². The Morgan fingerprint density at radius 1 is 1.44 bits per heavy atom. The second kappa shape index (κ2) is 5.77. The van der Waals surface area contributed by atoms with E-state index in [-0.39, 0.29) is 5.82 Å². The average Bonchev–Trinajstić information content (AvgIpc) is 2.33. The molecule has 2 rings (SSSR count). The third-order valence-electron chi connectivity index (χ3n) is 3.01. The van der Waals surface area contributed by atoms with Crippen molar-refractivity contribution < 1.29 is 14.3 Å². The van der Waals surface area contributed by atoms with Gasteiger partial charge in [0, 0.05) is 30.7 Å². The summed E-state index contributed by atoms with van der Waals surface area (Å²) in [6.07, 6.45) is 0. The molecule has 1 aromatic carbocycles. The summed E-state index contributed by atoms with van der Waals surface area (Å²) in [5.41, 5.74) is 0.589. The number of hydrogen-bond donors (Lipinski definition) is 2. The zero-order chi connectivity index (χ0) is 13.1. The number of carbonyl (C=O) groups is 1. The minimum absolute atomic E-state index is 0.380. The van der Waals surface area contributed by atoms with Crippen molar-refractivity contribution in [3.63, 3.8) is 0 Å².